The lowest BCUT2D eigenvalue weighted by Crippen LogP contribution is -2.41. The van der Waals surface area contributed by atoms with E-state index in [0.29, 0.717) is 0 Å². The molecule has 1 aromatic rings. The summed E-state index contributed by atoms with van der Waals surface area (Å²) in [5.41, 5.74) is 0. The second-order valence-electron chi connectivity index (χ2n) is 3.47. The Morgan fingerprint density at radius 3 is 3.07 bits per heavy atom. The van der Waals surface area contributed by atoms with Gasteiger partial charge in [0.1, 0.15) is 0 Å². The van der Waals surface area contributed by atoms with E-state index < -0.39 is 0 Å². The second-order valence-corrected chi connectivity index (χ2v) is 3.47. The minimum atomic E-state index is 0.236. The van der Waals surface area contributed by atoms with Gasteiger partial charge >= 0.3 is 6.85 Å². The van der Waals surface area contributed by atoms with Crippen LogP contribution >= 0.6 is 0 Å². The summed E-state index contributed by atoms with van der Waals surface area (Å²) in [6.45, 7) is 8.74. The molecule has 0 N–H and O–H groups in total. The molecule has 0 saturated heterocycles. The van der Waals surface area contributed by atoms with E-state index in [1.54, 1.807) is 0 Å². The van der Waals surface area contributed by atoms with E-state index in [1.165, 1.54) is 0 Å². The zero-order valence-electron chi connectivity index (χ0n) is 8.71. The van der Waals surface area contributed by atoms with E-state index in [9.17, 15) is 0 Å². The first-order valence-electron chi connectivity index (χ1n) is 5.08. The fourth-order valence-electron chi connectivity index (χ4n) is 1.75. The zero-order chi connectivity index (χ0) is 10.7. The Bertz CT molecular complexity index is 394. The largest absolute Gasteiger partial charge is 0.377 e. The summed E-state index contributed by atoms with van der Waals surface area (Å²) in [6.07, 6.45) is 8.66. The highest BCUT2D eigenvalue weighted by Gasteiger charge is 2.23. The first-order chi connectivity index (χ1) is 7.36. The van der Waals surface area contributed by atoms with Gasteiger partial charge in [-0.15, -0.1) is 13.2 Å². The molecule has 2 heterocycles. The Balaban J connectivity index is 2.27. The number of rotatable bonds is 4. The van der Waals surface area contributed by atoms with E-state index in [2.05, 4.69) is 28.9 Å². The highest BCUT2D eigenvalue weighted by atomic mass is 15.3. The summed E-state index contributed by atoms with van der Waals surface area (Å²) >= 11 is 0. The fourth-order valence-corrected chi connectivity index (χ4v) is 1.75. The predicted molar refractivity (Wildman–Crippen MR) is 65.7 cm³/mol. The van der Waals surface area contributed by atoms with Crippen LogP contribution in [0.1, 0.15) is 6.42 Å². The third-order valence-corrected chi connectivity index (χ3v) is 2.52. The summed E-state index contributed by atoms with van der Waals surface area (Å²) in [5.74, 6) is 5.02. The fraction of sp³-hybridized carbons (Fsp3) is 0.182. The van der Waals surface area contributed by atoms with Crippen molar-refractivity contribution in [3.8, 4) is 0 Å². The molecule has 3 nitrogen and oxygen atoms in total. The Labute approximate surface area is 90.5 Å². The van der Waals surface area contributed by atoms with E-state index >= 15 is 0 Å². The molecule has 0 atom stereocenters. The Morgan fingerprint density at radius 1 is 1.47 bits per heavy atom. The molecule has 0 unspecified atom stereocenters. The van der Waals surface area contributed by atoms with Gasteiger partial charge in [0.2, 0.25) is 0 Å². The van der Waals surface area contributed by atoms with Crippen LogP contribution in [0.2, 0.25) is 0 Å². The maximum absolute atomic E-state index is 4.34. The van der Waals surface area contributed by atoms with Crippen LogP contribution in [0.5, 0.6) is 0 Å². The van der Waals surface area contributed by atoms with Crippen LogP contribution in [0.15, 0.2) is 43.6 Å². The zero-order valence-corrected chi connectivity index (χ0v) is 8.71. The molecular formula is C11H14BN3. The molecule has 0 bridgehead atoms. The van der Waals surface area contributed by atoms with Crippen molar-refractivity contribution in [2.45, 2.75) is 6.42 Å². The minimum Gasteiger partial charge on any atom is -0.377 e. The molecule has 2 rings (SSSR count). The lowest BCUT2D eigenvalue weighted by atomic mass is 9.60. The molecule has 0 spiro atoms. The van der Waals surface area contributed by atoms with E-state index in [0.717, 1.165) is 18.9 Å². The molecule has 0 aromatic carbocycles. The quantitative estimate of drug-likeness (QED) is 0.546. The van der Waals surface area contributed by atoms with Crippen LogP contribution < -0.4 is 4.81 Å². The Morgan fingerprint density at radius 2 is 2.33 bits per heavy atom. The van der Waals surface area contributed by atoms with Gasteiger partial charge in [-0.05, 0) is 6.42 Å². The topological polar surface area (TPSA) is 21.1 Å². The van der Waals surface area contributed by atoms with Gasteiger partial charge in [0.15, 0.2) is 5.95 Å². The first-order valence-corrected chi connectivity index (χ1v) is 5.08. The number of fused-ring (bicyclic) bond motifs is 1. The monoisotopic (exact) mass is 199 g/mol. The molecular weight excluding hydrogens is 185 g/mol. The van der Waals surface area contributed by atoms with Gasteiger partial charge in [-0.25, -0.2) is 4.98 Å². The van der Waals surface area contributed by atoms with Gasteiger partial charge in [0.25, 0.3) is 0 Å². The van der Waals surface area contributed by atoms with Gasteiger partial charge in [-0.1, -0.05) is 18.0 Å². The molecule has 4 heteroatoms. The van der Waals surface area contributed by atoms with Crippen molar-refractivity contribution in [1.29, 1.82) is 0 Å². The lowest BCUT2D eigenvalue weighted by molar-refractivity contribution is 0.917. The standard InChI is InChI=1S/C11H14BN3/c1-3-5-8-15-11-13-7-10-14(11)9-6-12(15)4-2/h3-4,6-7,9-10H,1-2,5,8H2. The summed E-state index contributed by atoms with van der Waals surface area (Å²) in [7, 11) is 0. The molecule has 1 aromatic heterocycles. The summed E-state index contributed by atoms with van der Waals surface area (Å²) in [5, 5.41) is 0. The van der Waals surface area contributed by atoms with Crippen molar-refractivity contribution >= 4 is 19.0 Å². The lowest BCUT2D eigenvalue weighted by Gasteiger charge is -2.29. The number of hydrogen-bond donors (Lipinski definition) is 0. The van der Waals surface area contributed by atoms with Crippen molar-refractivity contribution in [3.05, 3.63) is 43.6 Å². The highest BCUT2D eigenvalue weighted by Crippen LogP contribution is 2.19. The third-order valence-electron chi connectivity index (χ3n) is 2.52. The molecule has 0 aliphatic carbocycles. The Hall–Kier alpha value is -1.71. The van der Waals surface area contributed by atoms with E-state index in [1.807, 2.05) is 35.2 Å². The number of aromatic nitrogens is 2. The molecule has 0 saturated carbocycles. The van der Waals surface area contributed by atoms with Crippen LogP contribution in [0.4, 0.5) is 5.95 Å². The van der Waals surface area contributed by atoms with E-state index in [-0.39, 0.29) is 6.85 Å². The van der Waals surface area contributed by atoms with Crippen LogP contribution in [-0.2, 0) is 0 Å². The normalized spacial score (nSPS) is 13.9. The molecule has 1 aliphatic rings. The summed E-state index contributed by atoms with van der Waals surface area (Å²) in [4.78, 5) is 6.56. The maximum atomic E-state index is 4.34. The minimum absolute atomic E-state index is 0.236. The maximum Gasteiger partial charge on any atom is 0.311 e. The van der Waals surface area contributed by atoms with Gasteiger partial charge in [-0.2, -0.15) is 0 Å². The number of nitrogens with zero attached hydrogens (tertiary/aromatic N) is 3. The van der Waals surface area contributed by atoms with Crippen molar-refractivity contribution in [1.82, 2.24) is 9.55 Å². The van der Waals surface area contributed by atoms with Crippen molar-refractivity contribution in [2.75, 3.05) is 11.4 Å². The van der Waals surface area contributed by atoms with Gasteiger partial charge in [0.05, 0.1) is 0 Å². The average Bonchev–Trinajstić information content (AvgIpc) is 2.73. The van der Waals surface area contributed by atoms with Crippen LogP contribution in [0.25, 0.3) is 6.20 Å². The number of anilines is 1. The molecule has 76 valence electrons. The van der Waals surface area contributed by atoms with Crippen LogP contribution in [-0.4, -0.2) is 22.9 Å². The molecule has 0 amide bonds. The van der Waals surface area contributed by atoms with Crippen LogP contribution in [0, 0.1) is 0 Å². The van der Waals surface area contributed by atoms with Crippen molar-refractivity contribution in [2.24, 2.45) is 0 Å². The first kappa shape index (κ1) is 9.83. The molecule has 0 radical (unpaired) electrons. The predicted octanol–water partition coefficient (Wildman–Crippen LogP) is 2.01. The van der Waals surface area contributed by atoms with Crippen LogP contribution in [0.3, 0.4) is 0 Å². The Kier molecular flexibility index (Phi) is 2.76. The van der Waals surface area contributed by atoms with Crippen molar-refractivity contribution in [3.63, 3.8) is 0 Å². The summed E-state index contributed by atoms with van der Waals surface area (Å²) < 4.78 is 2.02. The molecule has 15 heavy (non-hydrogen) atoms. The third kappa shape index (κ3) is 1.75. The van der Waals surface area contributed by atoms with Crippen molar-refractivity contribution < 1.29 is 0 Å². The summed E-state index contributed by atoms with van der Waals surface area (Å²) in [6, 6.07) is 0. The smallest absolute Gasteiger partial charge is 0.311 e. The van der Waals surface area contributed by atoms with E-state index in [4.69, 9.17) is 0 Å². The van der Waals surface area contributed by atoms with Gasteiger partial charge in [0, 0.05) is 25.1 Å². The van der Waals surface area contributed by atoms with Gasteiger partial charge < -0.3 is 4.81 Å². The SMILES string of the molecule is C=CCCN1B(C=C)C=Cn2ccnc21. The van der Waals surface area contributed by atoms with Gasteiger partial charge in [-0.3, -0.25) is 4.57 Å². The highest BCUT2D eigenvalue weighted by molar-refractivity contribution is 6.73. The molecule has 0 fully saturated rings. The number of hydrogen-bond acceptors (Lipinski definition) is 2. The number of imidazole rings is 1. The average molecular weight is 199 g/mol. The molecule has 1 aliphatic heterocycles. The second kappa shape index (κ2) is 4.21.